The number of hydrogen-bond donors (Lipinski definition) is 1. The van der Waals surface area contributed by atoms with Gasteiger partial charge in [0.05, 0.1) is 17.7 Å². The molecule has 82 valence electrons. The van der Waals surface area contributed by atoms with Crippen molar-refractivity contribution in [3.8, 4) is 11.5 Å². The molecule has 0 saturated heterocycles. The zero-order chi connectivity index (χ0) is 10.7. The summed E-state index contributed by atoms with van der Waals surface area (Å²) >= 11 is 3.45. The zero-order valence-corrected chi connectivity index (χ0v) is 9.92. The van der Waals surface area contributed by atoms with Gasteiger partial charge in [0.15, 0.2) is 11.5 Å². The molecule has 1 aliphatic heterocycles. The molecule has 0 bridgehead atoms. The number of aliphatic hydroxyl groups excluding tert-OH is 1. The van der Waals surface area contributed by atoms with Gasteiger partial charge in [0.25, 0.3) is 0 Å². The molecule has 0 spiro atoms. The van der Waals surface area contributed by atoms with Crippen molar-refractivity contribution in [1.82, 2.24) is 0 Å². The first kappa shape index (κ1) is 10.8. The van der Waals surface area contributed by atoms with Crippen LogP contribution in [0.25, 0.3) is 0 Å². The van der Waals surface area contributed by atoms with E-state index < -0.39 is 0 Å². The topological polar surface area (TPSA) is 38.7 Å². The normalized spacial score (nSPS) is 14.8. The number of halogens is 1. The highest BCUT2D eigenvalue weighted by Gasteiger charge is 2.14. The monoisotopic (exact) mass is 272 g/mol. The average molecular weight is 273 g/mol. The second-order valence-electron chi connectivity index (χ2n) is 3.43. The number of aliphatic hydroxyl groups is 1. The lowest BCUT2D eigenvalue weighted by atomic mass is 10.1. The van der Waals surface area contributed by atoms with Gasteiger partial charge in [0, 0.05) is 13.0 Å². The number of ether oxygens (including phenoxy) is 2. The Labute approximate surface area is 97.1 Å². The maximum absolute atomic E-state index is 8.88. The van der Waals surface area contributed by atoms with Crippen molar-refractivity contribution in [2.24, 2.45) is 0 Å². The van der Waals surface area contributed by atoms with Gasteiger partial charge in [-0.25, -0.2) is 0 Å². The van der Waals surface area contributed by atoms with Crippen molar-refractivity contribution >= 4 is 15.9 Å². The van der Waals surface area contributed by atoms with Crippen LogP contribution < -0.4 is 9.47 Å². The lowest BCUT2D eigenvalue weighted by molar-refractivity contribution is 0.296. The van der Waals surface area contributed by atoms with E-state index in [0.717, 1.165) is 28.0 Å². The molecule has 1 heterocycles. The second-order valence-corrected chi connectivity index (χ2v) is 4.28. The van der Waals surface area contributed by atoms with Crippen LogP contribution in [-0.2, 0) is 6.42 Å². The first-order chi connectivity index (χ1) is 7.31. The van der Waals surface area contributed by atoms with Crippen molar-refractivity contribution in [1.29, 1.82) is 0 Å². The Kier molecular flexibility index (Phi) is 3.49. The summed E-state index contributed by atoms with van der Waals surface area (Å²) in [5.41, 5.74) is 1.05. The van der Waals surface area contributed by atoms with E-state index in [-0.39, 0.29) is 6.61 Å². The molecule has 4 heteroatoms. The molecule has 1 aliphatic rings. The molecule has 0 radical (unpaired) electrons. The molecule has 0 unspecified atom stereocenters. The van der Waals surface area contributed by atoms with Crippen LogP contribution in [0.15, 0.2) is 16.6 Å². The second kappa shape index (κ2) is 4.86. The fraction of sp³-hybridized carbons (Fsp3) is 0.455. The van der Waals surface area contributed by atoms with E-state index in [1.165, 1.54) is 0 Å². The molecule has 0 aliphatic carbocycles. The third kappa shape index (κ3) is 2.44. The highest BCUT2D eigenvalue weighted by atomic mass is 79.9. The van der Waals surface area contributed by atoms with Gasteiger partial charge in [-0.05, 0) is 40.0 Å². The lowest BCUT2D eigenvalue weighted by Crippen LogP contribution is -1.97. The average Bonchev–Trinajstić information content (AvgIpc) is 2.43. The minimum Gasteiger partial charge on any atom is -0.490 e. The van der Waals surface area contributed by atoms with Gasteiger partial charge in [0.2, 0.25) is 0 Å². The first-order valence-electron chi connectivity index (χ1n) is 5.00. The van der Waals surface area contributed by atoms with Crippen molar-refractivity contribution < 1.29 is 14.6 Å². The van der Waals surface area contributed by atoms with Crippen LogP contribution in [0.1, 0.15) is 12.0 Å². The summed E-state index contributed by atoms with van der Waals surface area (Å²) in [5.74, 6) is 1.54. The maximum Gasteiger partial charge on any atom is 0.175 e. The predicted molar refractivity (Wildman–Crippen MR) is 60.5 cm³/mol. The summed E-state index contributed by atoms with van der Waals surface area (Å²) < 4.78 is 12.1. The standard InChI is InChI=1S/C11H13BrO3/c12-9-6-8(2-3-13)7-10-11(9)15-5-1-4-14-10/h6-7,13H,1-5H2. The fourth-order valence-corrected chi connectivity index (χ4v) is 2.16. The molecule has 0 saturated carbocycles. The van der Waals surface area contributed by atoms with E-state index in [1.807, 2.05) is 12.1 Å². The van der Waals surface area contributed by atoms with Gasteiger partial charge in [-0.2, -0.15) is 0 Å². The van der Waals surface area contributed by atoms with Crippen LogP contribution in [0.4, 0.5) is 0 Å². The number of fused-ring (bicyclic) bond motifs is 1. The first-order valence-corrected chi connectivity index (χ1v) is 5.79. The summed E-state index contributed by atoms with van der Waals surface area (Å²) in [6, 6.07) is 3.89. The third-order valence-electron chi connectivity index (χ3n) is 2.26. The SMILES string of the molecule is OCCc1cc(Br)c2c(c1)OCCCO2. The Morgan fingerprint density at radius 3 is 2.87 bits per heavy atom. The smallest absolute Gasteiger partial charge is 0.175 e. The van der Waals surface area contributed by atoms with Gasteiger partial charge < -0.3 is 14.6 Å². The molecule has 1 aromatic rings. The number of rotatable bonds is 2. The molecule has 0 aromatic heterocycles. The number of benzene rings is 1. The largest absolute Gasteiger partial charge is 0.490 e. The van der Waals surface area contributed by atoms with Crippen LogP contribution in [0.2, 0.25) is 0 Å². The van der Waals surface area contributed by atoms with E-state index in [2.05, 4.69) is 15.9 Å². The van der Waals surface area contributed by atoms with Crippen LogP contribution in [0.5, 0.6) is 11.5 Å². The highest BCUT2D eigenvalue weighted by molar-refractivity contribution is 9.10. The van der Waals surface area contributed by atoms with Crippen LogP contribution >= 0.6 is 15.9 Å². The van der Waals surface area contributed by atoms with E-state index in [1.54, 1.807) is 0 Å². The molecule has 15 heavy (non-hydrogen) atoms. The number of hydrogen-bond acceptors (Lipinski definition) is 3. The van der Waals surface area contributed by atoms with Crippen molar-refractivity contribution in [2.75, 3.05) is 19.8 Å². The van der Waals surface area contributed by atoms with Crippen molar-refractivity contribution in [3.05, 3.63) is 22.2 Å². The molecular formula is C11H13BrO3. The lowest BCUT2D eigenvalue weighted by Gasteiger charge is -2.11. The predicted octanol–water partition coefficient (Wildman–Crippen LogP) is 2.15. The summed E-state index contributed by atoms with van der Waals surface area (Å²) in [5, 5.41) is 8.88. The Balaban J connectivity index is 2.35. The summed E-state index contributed by atoms with van der Waals surface area (Å²) in [4.78, 5) is 0. The Morgan fingerprint density at radius 2 is 2.07 bits per heavy atom. The third-order valence-corrected chi connectivity index (χ3v) is 2.85. The highest BCUT2D eigenvalue weighted by Crippen LogP contribution is 2.38. The molecule has 0 atom stereocenters. The minimum absolute atomic E-state index is 0.145. The van der Waals surface area contributed by atoms with E-state index in [4.69, 9.17) is 14.6 Å². The van der Waals surface area contributed by atoms with Crippen LogP contribution in [-0.4, -0.2) is 24.9 Å². The van der Waals surface area contributed by atoms with Crippen molar-refractivity contribution in [3.63, 3.8) is 0 Å². The Morgan fingerprint density at radius 1 is 1.27 bits per heavy atom. The Hall–Kier alpha value is -0.740. The van der Waals surface area contributed by atoms with Crippen LogP contribution in [0.3, 0.4) is 0 Å². The molecule has 3 nitrogen and oxygen atoms in total. The van der Waals surface area contributed by atoms with Gasteiger partial charge in [-0.15, -0.1) is 0 Å². The molecular weight excluding hydrogens is 260 g/mol. The molecule has 1 aromatic carbocycles. The zero-order valence-electron chi connectivity index (χ0n) is 8.33. The van der Waals surface area contributed by atoms with Gasteiger partial charge in [-0.3, -0.25) is 0 Å². The van der Waals surface area contributed by atoms with E-state index >= 15 is 0 Å². The maximum atomic E-state index is 8.88. The summed E-state index contributed by atoms with van der Waals surface area (Å²) in [6.45, 7) is 1.51. The molecule has 2 rings (SSSR count). The molecule has 0 amide bonds. The van der Waals surface area contributed by atoms with E-state index in [0.29, 0.717) is 19.6 Å². The summed E-state index contributed by atoms with van der Waals surface area (Å²) in [6.07, 6.45) is 1.53. The summed E-state index contributed by atoms with van der Waals surface area (Å²) in [7, 11) is 0. The van der Waals surface area contributed by atoms with Gasteiger partial charge in [0.1, 0.15) is 0 Å². The molecule has 0 fully saturated rings. The molecule has 1 N–H and O–H groups in total. The van der Waals surface area contributed by atoms with Gasteiger partial charge in [-0.1, -0.05) is 0 Å². The van der Waals surface area contributed by atoms with Crippen molar-refractivity contribution in [2.45, 2.75) is 12.8 Å². The van der Waals surface area contributed by atoms with Gasteiger partial charge >= 0.3 is 0 Å². The minimum atomic E-state index is 0.145. The fourth-order valence-electron chi connectivity index (χ4n) is 1.56. The quantitative estimate of drug-likeness (QED) is 0.897. The van der Waals surface area contributed by atoms with E-state index in [9.17, 15) is 0 Å². The Bertz CT molecular complexity index is 352. The van der Waals surface area contributed by atoms with Crippen LogP contribution in [0, 0.1) is 0 Å².